The smallest absolute Gasteiger partial charge is 0.419 e. The zero-order valence-corrected chi connectivity index (χ0v) is 64.3. The minimum atomic E-state index is -5.39. The number of ether oxygens (including phenoxy) is 2. The average molecular weight is 1610 g/mol. The molecular formula is C75H91F18N5O9S2. The van der Waals surface area contributed by atoms with E-state index in [1.54, 1.807) is 53.6 Å². The molecule has 14 nitrogen and oxygen atoms in total. The first-order chi connectivity index (χ1) is 49.4. The van der Waals surface area contributed by atoms with Crippen molar-refractivity contribution in [1.29, 1.82) is 0 Å². The molecule has 2 heterocycles. The van der Waals surface area contributed by atoms with E-state index in [-0.39, 0.29) is 135 Å². The Morgan fingerprint density at radius 1 is 0.486 bits per heavy atom. The quantitative estimate of drug-likeness (QED) is 0.0351. The van der Waals surface area contributed by atoms with Crippen LogP contribution in [0.15, 0.2) is 70.5 Å². The largest absolute Gasteiger partial charge is 0.480 e. The number of hydrogen-bond donors (Lipinski definition) is 2. The van der Waals surface area contributed by atoms with Crippen molar-refractivity contribution in [3.63, 3.8) is 0 Å². The first-order valence-electron chi connectivity index (χ1n) is 33.9. The Balaban J connectivity index is 0.000000607. The first kappa shape index (κ1) is 97.3. The molecule has 0 aliphatic rings. The molecule has 4 atom stereocenters. The van der Waals surface area contributed by atoms with E-state index in [2.05, 4.69) is 4.74 Å². The van der Waals surface area contributed by atoms with Crippen molar-refractivity contribution < 1.29 is 113 Å². The fourth-order valence-electron chi connectivity index (χ4n) is 12.2. The summed E-state index contributed by atoms with van der Waals surface area (Å²) in [4.78, 5) is 79.2. The Hall–Kier alpha value is -7.82. The number of aliphatic carboxylic acids is 1. The van der Waals surface area contributed by atoms with Crippen LogP contribution in [-0.2, 0) is 66.2 Å². The lowest BCUT2D eigenvalue weighted by Crippen LogP contribution is -2.34. The molecule has 3 N–H and O–H groups in total. The third kappa shape index (κ3) is 26.1. The third-order valence-corrected chi connectivity index (χ3v) is 17.5. The highest BCUT2D eigenvalue weighted by atomic mass is 32.1. The summed E-state index contributed by atoms with van der Waals surface area (Å²) >= 11 is 0. The van der Waals surface area contributed by atoms with Gasteiger partial charge in [-0.15, -0.1) is 0 Å². The molecule has 0 aliphatic heterocycles. The minimum absolute atomic E-state index is 0. The Bertz CT molecular complexity index is 4230. The molecule has 608 valence electrons. The van der Waals surface area contributed by atoms with E-state index in [0.29, 0.717) is 37.8 Å². The summed E-state index contributed by atoms with van der Waals surface area (Å²) in [6.45, 7) is 20.3. The van der Waals surface area contributed by atoms with Crippen LogP contribution in [0.4, 0.5) is 79.0 Å². The van der Waals surface area contributed by atoms with Crippen molar-refractivity contribution in [1.82, 2.24) is 18.9 Å². The Morgan fingerprint density at radius 2 is 0.817 bits per heavy atom. The number of esters is 2. The number of nitrogens with two attached hydrogens (primary N) is 1. The number of carboxylic acids is 1. The number of rotatable bonds is 28. The second-order valence-electron chi connectivity index (χ2n) is 26.7. The standard InChI is InChI=1S/C38H43F9N2O4.C20H19F6NO2.C17H25F3N2O3.2H2S/c1-8-48(7)11-10-23-19-49(31(51)18-27(23)37(42,43)44)29(12-20(3)4)30(50)15-24(16-32(52)53-9-2)34-35(40)26(17-28(36(34)41)38(45,46)47)33-21(5)13-25(39)14-22(33)6;1-4-29-15(28)8-14(27)17-18(22)12(7-13(19(17)23)20(24,25)26)16-9(2)5-11(21)6-10(16)3;1-5-21(4)7-6-12-10-22(14(16(24)25)8-11(2)3)15(23)9-13(12)17(18,19)20;;/h13-14,17-20,24,29H,8-12,15-16H2,1-7H3;5-7,14H,4,8,27H2,1-3H3;9-11,14H,5-8H2,1-4H3,(H,24,25);2*1H2/t24-,29?;14-;;;/m00.../s1. The number of aromatic nitrogens is 2. The van der Waals surface area contributed by atoms with Gasteiger partial charge in [-0.2, -0.15) is 79.7 Å². The number of carbonyl (C=O) groups excluding carboxylic acids is 3. The van der Waals surface area contributed by atoms with Gasteiger partial charge in [0.25, 0.3) is 11.1 Å². The van der Waals surface area contributed by atoms with E-state index >= 15 is 13.2 Å². The number of ketones is 1. The molecule has 6 rings (SSSR count). The lowest BCUT2D eigenvalue weighted by Gasteiger charge is -2.27. The average Bonchev–Trinajstić information content (AvgIpc) is 0.814. The maximum absolute atomic E-state index is 16.6. The normalized spacial score (nSPS) is 13.0. The first-order valence-corrected chi connectivity index (χ1v) is 33.9. The number of benzene rings is 4. The van der Waals surface area contributed by atoms with Crippen LogP contribution >= 0.6 is 27.0 Å². The molecule has 4 aromatic carbocycles. The lowest BCUT2D eigenvalue weighted by atomic mass is 9.83. The molecule has 2 unspecified atom stereocenters. The van der Waals surface area contributed by atoms with E-state index in [1.807, 2.05) is 11.8 Å². The van der Waals surface area contributed by atoms with Gasteiger partial charge in [-0.25, -0.2) is 31.1 Å². The van der Waals surface area contributed by atoms with Crippen LogP contribution in [0.5, 0.6) is 0 Å². The number of carbonyl (C=O) groups is 4. The fraction of sp³-hybridized carbons (Fsp3) is 0.493. The number of carboxylic acid groups (broad SMARTS) is 1. The van der Waals surface area contributed by atoms with Gasteiger partial charge in [0.2, 0.25) is 0 Å². The molecule has 0 fully saturated rings. The van der Waals surface area contributed by atoms with Gasteiger partial charge in [0.1, 0.15) is 40.9 Å². The minimum Gasteiger partial charge on any atom is -0.480 e. The van der Waals surface area contributed by atoms with Crippen molar-refractivity contribution >= 4 is 50.7 Å². The van der Waals surface area contributed by atoms with E-state index in [1.165, 1.54) is 41.5 Å². The molecule has 0 saturated carbocycles. The number of hydrogen-bond acceptors (Lipinski definition) is 11. The van der Waals surface area contributed by atoms with Crippen LogP contribution in [-0.4, -0.2) is 101 Å². The van der Waals surface area contributed by atoms with E-state index in [0.717, 1.165) is 45.8 Å². The van der Waals surface area contributed by atoms with Crippen LogP contribution in [0.25, 0.3) is 22.3 Å². The van der Waals surface area contributed by atoms with Gasteiger partial charge in [0, 0.05) is 78.3 Å². The molecule has 0 aliphatic carbocycles. The predicted molar refractivity (Wildman–Crippen MR) is 385 cm³/mol. The third-order valence-electron chi connectivity index (χ3n) is 17.5. The number of aryl methyl sites for hydroxylation is 4. The highest BCUT2D eigenvalue weighted by Crippen LogP contribution is 2.46. The second kappa shape index (κ2) is 40.9. The monoisotopic (exact) mass is 1610 g/mol. The van der Waals surface area contributed by atoms with Crippen molar-refractivity contribution in [2.45, 2.75) is 177 Å². The van der Waals surface area contributed by atoms with Crippen LogP contribution in [0.2, 0.25) is 0 Å². The highest BCUT2D eigenvalue weighted by molar-refractivity contribution is 7.59. The number of Topliss-reactive ketones (excluding diaryl/α,β-unsaturated/α-hetero) is 1. The molecule has 6 aromatic rings. The second-order valence-corrected chi connectivity index (χ2v) is 26.7. The van der Waals surface area contributed by atoms with Gasteiger partial charge in [0.05, 0.1) is 54.4 Å². The molecule has 0 saturated heterocycles. The van der Waals surface area contributed by atoms with E-state index < -0.39 is 182 Å². The highest BCUT2D eigenvalue weighted by Gasteiger charge is 2.43. The van der Waals surface area contributed by atoms with Crippen LogP contribution < -0.4 is 16.9 Å². The summed E-state index contributed by atoms with van der Waals surface area (Å²) < 4.78 is 267. The van der Waals surface area contributed by atoms with Gasteiger partial charge in [-0.05, 0) is 187 Å². The summed E-state index contributed by atoms with van der Waals surface area (Å²) in [6.07, 6.45) is -20.9. The van der Waals surface area contributed by atoms with Gasteiger partial charge in [-0.3, -0.25) is 24.0 Å². The van der Waals surface area contributed by atoms with E-state index in [4.69, 9.17) is 10.5 Å². The predicted octanol–water partition coefficient (Wildman–Crippen LogP) is 18.0. The maximum Gasteiger partial charge on any atom is 0.419 e. The molecule has 34 heteroatoms. The zero-order chi connectivity index (χ0) is 81.6. The Morgan fingerprint density at radius 3 is 1.15 bits per heavy atom. The van der Waals surface area contributed by atoms with Crippen LogP contribution in [0.1, 0.15) is 178 Å². The van der Waals surface area contributed by atoms with Gasteiger partial charge in [0.15, 0.2) is 5.78 Å². The van der Waals surface area contributed by atoms with Crippen molar-refractivity contribution in [2.24, 2.45) is 17.6 Å². The van der Waals surface area contributed by atoms with E-state index in [9.17, 15) is 99.7 Å². The summed E-state index contributed by atoms with van der Waals surface area (Å²) in [7, 11) is 3.45. The van der Waals surface area contributed by atoms with Crippen LogP contribution in [0.3, 0.4) is 0 Å². The zero-order valence-electron chi connectivity index (χ0n) is 62.3. The maximum atomic E-state index is 16.6. The number of likely N-dealkylation sites (N-methyl/N-ethyl adjacent to an activating group) is 2. The summed E-state index contributed by atoms with van der Waals surface area (Å²) in [5.74, 6) is -14.8. The molecule has 109 heavy (non-hydrogen) atoms. The molecular weight excluding hydrogens is 1520 g/mol. The van der Waals surface area contributed by atoms with Gasteiger partial charge in [-0.1, -0.05) is 41.5 Å². The fourth-order valence-corrected chi connectivity index (χ4v) is 12.2. The lowest BCUT2D eigenvalue weighted by molar-refractivity contribution is -0.144. The number of halogens is 18. The summed E-state index contributed by atoms with van der Waals surface area (Å²) in [5.41, 5.74) is -6.19. The number of nitrogens with zero attached hydrogens (tertiary/aromatic N) is 4. The molecule has 0 radical (unpaired) electrons. The Kier molecular flexibility index (Phi) is 36.5. The Labute approximate surface area is 633 Å². The summed E-state index contributed by atoms with van der Waals surface area (Å²) in [5, 5.41) is 9.39. The molecule has 2 aromatic heterocycles. The summed E-state index contributed by atoms with van der Waals surface area (Å²) in [6, 6.07) is 0.969. The van der Waals surface area contributed by atoms with Crippen molar-refractivity contribution in [3.05, 3.63) is 183 Å². The van der Waals surface area contributed by atoms with Gasteiger partial charge >= 0.3 is 42.6 Å². The van der Waals surface area contributed by atoms with Gasteiger partial charge < -0.3 is 39.2 Å². The number of pyridine rings is 2. The SMILES string of the molecule is CCN(C)CCc1cn(C(CC(C)C)C(=O)O)c(=O)cc1C(F)(F)F.CCOC(=O)C[C@H](CC(=O)C(CC(C)C)n1cc(CCN(C)CC)c(C(F)(F)F)cc1=O)c1c(F)c(-c2c(C)cc(F)cc2C)cc(C(F)(F)F)c1F.CCOC(=O)C[C@H](N)c1c(F)c(-c2c(C)cc(F)cc2C)cc(C(F)(F)F)c1F.S.S. The van der Waals surface area contributed by atoms with Crippen LogP contribution in [0, 0.1) is 74.4 Å². The topological polar surface area (TPSA) is 183 Å². The number of alkyl halides is 12. The van der Waals surface area contributed by atoms with Crippen molar-refractivity contribution in [2.75, 3.05) is 53.5 Å². The molecule has 0 spiro atoms. The molecule has 0 amide bonds. The molecule has 0 bridgehead atoms. The van der Waals surface area contributed by atoms with Crippen molar-refractivity contribution in [3.8, 4) is 22.3 Å².